The molecule has 0 unspecified atom stereocenters. The Hall–Kier alpha value is -0.190. The molecule has 0 amide bonds. The first-order valence-electron chi connectivity index (χ1n) is 3.58. The Balaban J connectivity index is 3.72. The molecule has 1 aromatic rings. The molecule has 0 aliphatic carbocycles. The largest absolute Gasteiger partial charge is 0.239 e. The summed E-state index contributed by atoms with van der Waals surface area (Å²) in [6.45, 7) is 0. The monoisotopic (exact) mass is 348 g/mol. The maximum atomic E-state index is 11.1. The van der Waals surface area contributed by atoms with Gasteiger partial charge in [0.15, 0.2) is 0 Å². The molecule has 16 heavy (non-hydrogen) atoms. The second kappa shape index (κ2) is 4.24. The predicted octanol–water partition coefficient (Wildman–Crippen LogP) is 0.397. The van der Waals surface area contributed by atoms with E-state index in [1.54, 1.807) is 0 Å². The molecule has 1 rings (SSSR count). The second-order valence-electron chi connectivity index (χ2n) is 2.80. The van der Waals surface area contributed by atoms with Crippen molar-refractivity contribution in [3.8, 4) is 0 Å². The van der Waals surface area contributed by atoms with E-state index >= 15 is 0 Å². The Morgan fingerprint density at radius 2 is 1.44 bits per heavy atom. The Morgan fingerprint density at radius 1 is 1.00 bits per heavy atom. The van der Waals surface area contributed by atoms with E-state index in [9.17, 15) is 16.8 Å². The van der Waals surface area contributed by atoms with Crippen molar-refractivity contribution in [3.05, 3.63) is 21.6 Å². The van der Waals surface area contributed by atoms with Crippen LogP contribution in [0.3, 0.4) is 0 Å². The van der Waals surface area contributed by atoms with Gasteiger partial charge in [0, 0.05) is 4.47 Å². The highest BCUT2D eigenvalue weighted by Gasteiger charge is 2.20. The van der Waals surface area contributed by atoms with Crippen LogP contribution in [0.2, 0.25) is 5.02 Å². The number of hydrogen-bond acceptors (Lipinski definition) is 4. The quantitative estimate of drug-likeness (QED) is 0.802. The van der Waals surface area contributed by atoms with E-state index in [4.69, 9.17) is 21.9 Å². The Kier molecular flexibility index (Phi) is 3.68. The van der Waals surface area contributed by atoms with Crippen molar-refractivity contribution in [2.75, 3.05) is 0 Å². The van der Waals surface area contributed by atoms with Crippen molar-refractivity contribution in [2.45, 2.75) is 9.79 Å². The van der Waals surface area contributed by atoms with Gasteiger partial charge in [-0.15, -0.1) is 0 Å². The molecule has 0 radical (unpaired) electrons. The van der Waals surface area contributed by atoms with Crippen molar-refractivity contribution < 1.29 is 16.8 Å². The summed E-state index contributed by atoms with van der Waals surface area (Å²) in [5.74, 6) is 0. The van der Waals surface area contributed by atoms with Gasteiger partial charge in [-0.3, -0.25) is 0 Å². The van der Waals surface area contributed by atoms with Crippen LogP contribution in [0.4, 0.5) is 0 Å². The zero-order chi connectivity index (χ0) is 12.7. The number of benzene rings is 1. The molecular formula is C6H6BrClN2O4S2. The van der Waals surface area contributed by atoms with Crippen LogP contribution < -0.4 is 10.3 Å². The van der Waals surface area contributed by atoms with Gasteiger partial charge in [-0.2, -0.15) is 0 Å². The first kappa shape index (κ1) is 13.9. The molecule has 10 heteroatoms. The smallest absolute Gasteiger partial charge is 0.225 e. The van der Waals surface area contributed by atoms with Crippen LogP contribution in [-0.2, 0) is 20.0 Å². The molecule has 6 nitrogen and oxygen atoms in total. The van der Waals surface area contributed by atoms with E-state index in [2.05, 4.69) is 15.9 Å². The highest BCUT2D eigenvalue weighted by atomic mass is 79.9. The third-order valence-corrected chi connectivity index (χ3v) is 4.84. The minimum Gasteiger partial charge on any atom is -0.225 e. The summed E-state index contributed by atoms with van der Waals surface area (Å²) in [4.78, 5) is -0.901. The van der Waals surface area contributed by atoms with Crippen LogP contribution in [-0.4, -0.2) is 16.8 Å². The van der Waals surface area contributed by atoms with Gasteiger partial charge in [0.2, 0.25) is 20.0 Å². The lowest BCUT2D eigenvalue weighted by atomic mass is 10.4. The average molecular weight is 350 g/mol. The summed E-state index contributed by atoms with van der Waals surface area (Å²) in [7, 11) is -8.16. The maximum Gasteiger partial charge on any atom is 0.239 e. The van der Waals surface area contributed by atoms with Gasteiger partial charge >= 0.3 is 0 Å². The fraction of sp³-hybridized carbons (Fsp3) is 0. The molecule has 0 spiro atoms. The number of halogens is 2. The summed E-state index contributed by atoms with van der Waals surface area (Å²) in [6.07, 6.45) is 0. The van der Waals surface area contributed by atoms with Gasteiger partial charge in [0.1, 0.15) is 4.90 Å². The van der Waals surface area contributed by atoms with Gasteiger partial charge < -0.3 is 0 Å². The van der Waals surface area contributed by atoms with Crippen molar-refractivity contribution in [1.82, 2.24) is 0 Å². The summed E-state index contributed by atoms with van der Waals surface area (Å²) in [6, 6.07) is 1.90. The number of rotatable bonds is 2. The molecule has 0 aromatic heterocycles. The third kappa shape index (κ3) is 2.93. The summed E-state index contributed by atoms with van der Waals surface area (Å²) >= 11 is 8.52. The maximum absolute atomic E-state index is 11.1. The molecule has 1 aromatic carbocycles. The average Bonchev–Trinajstić information content (AvgIpc) is 1.97. The molecule has 0 fully saturated rings. The van der Waals surface area contributed by atoms with Gasteiger partial charge in [-0.1, -0.05) is 11.6 Å². The van der Waals surface area contributed by atoms with Crippen molar-refractivity contribution in [1.29, 1.82) is 0 Å². The second-order valence-corrected chi connectivity index (χ2v) is 7.12. The van der Waals surface area contributed by atoms with Crippen LogP contribution >= 0.6 is 27.5 Å². The molecule has 0 saturated heterocycles. The molecule has 0 aliphatic heterocycles. The molecule has 4 N–H and O–H groups in total. The fourth-order valence-corrected chi connectivity index (χ4v) is 3.89. The molecule has 90 valence electrons. The zero-order valence-electron chi connectivity index (χ0n) is 7.51. The standard InChI is InChI=1S/C6H6BrClN2O4S2/c7-3-1-4(8)6(16(10,13)14)2-5(3)15(9,11)12/h1-2H,(H2,9,11,12)(H2,10,13,14). The van der Waals surface area contributed by atoms with Crippen molar-refractivity contribution in [3.63, 3.8) is 0 Å². The molecular weight excluding hydrogens is 344 g/mol. The van der Waals surface area contributed by atoms with Crippen molar-refractivity contribution in [2.24, 2.45) is 10.3 Å². The van der Waals surface area contributed by atoms with E-state index in [-0.39, 0.29) is 9.50 Å². The SMILES string of the molecule is NS(=O)(=O)c1cc(S(N)(=O)=O)c(Br)cc1Cl. The van der Waals surface area contributed by atoms with Gasteiger partial charge in [-0.25, -0.2) is 27.1 Å². The Labute approximate surface area is 106 Å². The van der Waals surface area contributed by atoms with Gasteiger partial charge in [-0.05, 0) is 28.1 Å². The minimum absolute atomic E-state index is 0.0624. The first-order valence-corrected chi connectivity index (χ1v) is 7.84. The van der Waals surface area contributed by atoms with Gasteiger partial charge in [0.25, 0.3) is 0 Å². The van der Waals surface area contributed by atoms with E-state index in [0.29, 0.717) is 0 Å². The number of hydrogen-bond donors (Lipinski definition) is 2. The third-order valence-electron chi connectivity index (χ3n) is 1.60. The molecule has 0 bridgehead atoms. The van der Waals surface area contributed by atoms with Gasteiger partial charge in [0.05, 0.1) is 9.92 Å². The summed E-state index contributed by atoms with van der Waals surface area (Å²) in [5.41, 5.74) is 0. The summed E-state index contributed by atoms with van der Waals surface area (Å²) in [5, 5.41) is 9.55. The molecule has 0 saturated carbocycles. The van der Waals surface area contributed by atoms with Crippen LogP contribution in [0, 0.1) is 0 Å². The molecule has 0 atom stereocenters. The van der Waals surface area contributed by atoms with E-state index < -0.39 is 29.8 Å². The van der Waals surface area contributed by atoms with Crippen LogP contribution in [0.25, 0.3) is 0 Å². The number of nitrogens with two attached hydrogens (primary N) is 2. The lowest BCUT2D eigenvalue weighted by molar-refractivity contribution is 0.595. The van der Waals surface area contributed by atoms with Crippen LogP contribution in [0.15, 0.2) is 26.4 Å². The van der Waals surface area contributed by atoms with Crippen LogP contribution in [0.5, 0.6) is 0 Å². The Bertz CT molecular complexity index is 587. The lowest BCUT2D eigenvalue weighted by Gasteiger charge is -2.06. The van der Waals surface area contributed by atoms with Crippen LogP contribution in [0.1, 0.15) is 0 Å². The van der Waals surface area contributed by atoms with E-state index in [1.807, 2.05) is 0 Å². The highest BCUT2D eigenvalue weighted by molar-refractivity contribution is 9.10. The van der Waals surface area contributed by atoms with E-state index in [0.717, 1.165) is 12.1 Å². The Morgan fingerprint density at radius 3 is 1.81 bits per heavy atom. The lowest BCUT2D eigenvalue weighted by Crippen LogP contribution is -2.17. The zero-order valence-corrected chi connectivity index (χ0v) is 11.5. The summed E-state index contributed by atoms with van der Waals surface area (Å²) < 4.78 is 44.5. The first-order chi connectivity index (χ1) is 7.03. The number of sulfonamides is 2. The molecule has 0 aliphatic rings. The normalized spacial score (nSPS) is 12.8. The van der Waals surface area contributed by atoms with E-state index in [1.165, 1.54) is 0 Å². The minimum atomic E-state index is -4.11. The topological polar surface area (TPSA) is 120 Å². The predicted molar refractivity (Wildman–Crippen MR) is 61.9 cm³/mol. The highest BCUT2D eigenvalue weighted by Crippen LogP contribution is 2.30. The van der Waals surface area contributed by atoms with Crippen molar-refractivity contribution >= 4 is 47.6 Å². The fourth-order valence-electron chi connectivity index (χ4n) is 0.947. The molecule has 0 heterocycles. The number of primary sulfonamides is 2.